The molecule has 0 heterocycles. The number of allylic oxidation sites excluding steroid dienone is 3. The second kappa shape index (κ2) is 10.4. The van der Waals surface area contributed by atoms with Crippen molar-refractivity contribution in [2.75, 3.05) is 6.61 Å². The van der Waals surface area contributed by atoms with Crippen molar-refractivity contribution in [3.05, 3.63) is 35.5 Å². The molecule has 24 heavy (non-hydrogen) atoms. The van der Waals surface area contributed by atoms with Crippen molar-refractivity contribution in [1.82, 2.24) is 0 Å². The van der Waals surface area contributed by atoms with Gasteiger partial charge in [0.15, 0.2) is 8.32 Å². The van der Waals surface area contributed by atoms with Gasteiger partial charge in [-0.1, -0.05) is 56.2 Å². The Kier molecular flexibility index (Phi) is 10.1. The van der Waals surface area contributed by atoms with Gasteiger partial charge < -0.3 is 9.53 Å². The van der Waals surface area contributed by atoms with Crippen LogP contribution in [0.2, 0.25) is 18.1 Å². The fraction of sp³-hybridized carbons (Fsp3) is 0.714. The van der Waals surface area contributed by atoms with Crippen LogP contribution in [0.3, 0.4) is 0 Å². The second-order valence-corrected chi connectivity index (χ2v) is 13.3. The molecule has 0 aromatic rings. The summed E-state index contributed by atoms with van der Waals surface area (Å²) in [6, 6.07) is 0. The summed E-state index contributed by atoms with van der Waals surface area (Å²) in [6.07, 6.45) is 8.47. The van der Waals surface area contributed by atoms with Crippen LogP contribution in [0.4, 0.5) is 0 Å². The summed E-state index contributed by atoms with van der Waals surface area (Å²) in [7, 11) is -1.76. The summed E-state index contributed by atoms with van der Waals surface area (Å²) in [5.74, 6) is 0. The first-order valence-corrected chi connectivity index (χ1v) is 12.1. The van der Waals surface area contributed by atoms with E-state index in [9.17, 15) is 0 Å². The molecule has 0 aliphatic carbocycles. The molecule has 0 aliphatic rings. The average Bonchev–Trinajstić information content (AvgIpc) is 2.42. The second-order valence-electron chi connectivity index (χ2n) is 8.57. The normalized spacial score (nSPS) is 15.5. The van der Waals surface area contributed by atoms with Crippen molar-refractivity contribution in [3.8, 4) is 0 Å². The maximum Gasteiger partial charge on any atom is 0.192 e. The zero-order chi connectivity index (χ0) is 19.0. The minimum absolute atomic E-state index is 0.139. The molecule has 0 saturated carbocycles. The van der Waals surface area contributed by atoms with Crippen LogP contribution in [-0.2, 0) is 4.43 Å². The van der Waals surface area contributed by atoms with E-state index in [2.05, 4.69) is 67.3 Å². The maximum atomic E-state index is 8.88. The van der Waals surface area contributed by atoms with Gasteiger partial charge in [0, 0.05) is 0 Å². The standard InChI is InChI=1S/C21H40O2Si/c1-17(2)20(23-24(8,9)21(5,6)7)14-13-18(3)11-10-12-19(4)15-16-22/h11,15,20,22H,1,10,12-14,16H2,2-9H3. The van der Waals surface area contributed by atoms with E-state index in [1.165, 1.54) is 11.1 Å². The molecule has 1 N–H and O–H groups in total. The Bertz CT molecular complexity index is 453. The average molecular weight is 353 g/mol. The Balaban J connectivity index is 4.60. The van der Waals surface area contributed by atoms with Crippen LogP contribution in [0, 0.1) is 0 Å². The number of aliphatic hydroxyl groups is 1. The molecule has 0 saturated heterocycles. The predicted octanol–water partition coefficient (Wildman–Crippen LogP) is 6.40. The Labute approximate surface area is 151 Å². The molecule has 0 amide bonds. The van der Waals surface area contributed by atoms with E-state index >= 15 is 0 Å². The highest BCUT2D eigenvalue weighted by Gasteiger charge is 2.39. The lowest BCUT2D eigenvalue weighted by Crippen LogP contribution is -2.44. The highest BCUT2D eigenvalue weighted by atomic mass is 28.4. The molecule has 140 valence electrons. The quantitative estimate of drug-likeness (QED) is 0.364. The van der Waals surface area contributed by atoms with Gasteiger partial charge in [-0.15, -0.1) is 0 Å². The van der Waals surface area contributed by atoms with Gasteiger partial charge in [0.1, 0.15) is 0 Å². The predicted molar refractivity (Wildman–Crippen MR) is 110 cm³/mol. The van der Waals surface area contributed by atoms with Crippen LogP contribution >= 0.6 is 0 Å². The largest absolute Gasteiger partial charge is 0.410 e. The number of hydrogen-bond donors (Lipinski definition) is 1. The Morgan fingerprint density at radius 1 is 1.08 bits per heavy atom. The summed E-state index contributed by atoms with van der Waals surface area (Å²) in [4.78, 5) is 0. The van der Waals surface area contributed by atoms with E-state index in [-0.39, 0.29) is 17.7 Å². The Hall–Kier alpha value is -0.643. The summed E-state index contributed by atoms with van der Waals surface area (Å²) in [6.45, 7) is 22.1. The van der Waals surface area contributed by atoms with Crippen LogP contribution in [0.25, 0.3) is 0 Å². The van der Waals surface area contributed by atoms with Gasteiger partial charge in [-0.3, -0.25) is 0 Å². The summed E-state index contributed by atoms with van der Waals surface area (Å²) in [5, 5.41) is 9.11. The lowest BCUT2D eigenvalue weighted by atomic mass is 10.0. The van der Waals surface area contributed by atoms with Crippen molar-refractivity contribution in [3.63, 3.8) is 0 Å². The molecular formula is C21H40O2Si. The van der Waals surface area contributed by atoms with Gasteiger partial charge in [0.25, 0.3) is 0 Å². The van der Waals surface area contributed by atoms with Crippen molar-refractivity contribution >= 4 is 8.32 Å². The van der Waals surface area contributed by atoms with Crippen LogP contribution in [0.5, 0.6) is 0 Å². The fourth-order valence-corrected chi connectivity index (χ4v) is 3.59. The minimum atomic E-state index is -1.76. The molecule has 1 unspecified atom stereocenters. The fourth-order valence-electron chi connectivity index (χ4n) is 2.20. The highest BCUT2D eigenvalue weighted by molar-refractivity contribution is 6.74. The van der Waals surface area contributed by atoms with Gasteiger partial charge in [0.05, 0.1) is 12.7 Å². The van der Waals surface area contributed by atoms with Gasteiger partial charge in [-0.05, 0) is 64.6 Å². The third-order valence-electron chi connectivity index (χ3n) is 5.06. The number of aliphatic hydroxyl groups excluding tert-OH is 1. The van der Waals surface area contributed by atoms with Crippen LogP contribution in [0.1, 0.15) is 67.2 Å². The molecule has 0 rings (SSSR count). The molecule has 0 spiro atoms. The number of hydrogen-bond acceptors (Lipinski definition) is 2. The van der Waals surface area contributed by atoms with E-state index in [1.54, 1.807) is 0 Å². The van der Waals surface area contributed by atoms with Gasteiger partial charge in [0.2, 0.25) is 0 Å². The summed E-state index contributed by atoms with van der Waals surface area (Å²) < 4.78 is 6.56. The lowest BCUT2D eigenvalue weighted by molar-refractivity contribution is 0.204. The van der Waals surface area contributed by atoms with Crippen molar-refractivity contribution < 1.29 is 9.53 Å². The van der Waals surface area contributed by atoms with Crippen LogP contribution in [-0.4, -0.2) is 26.1 Å². The summed E-state index contributed by atoms with van der Waals surface area (Å²) >= 11 is 0. The van der Waals surface area contributed by atoms with E-state index in [0.717, 1.165) is 31.3 Å². The number of rotatable bonds is 10. The van der Waals surface area contributed by atoms with Gasteiger partial charge in [-0.25, -0.2) is 0 Å². The van der Waals surface area contributed by atoms with Crippen LogP contribution < -0.4 is 0 Å². The maximum absolute atomic E-state index is 8.88. The van der Waals surface area contributed by atoms with Crippen molar-refractivity contribution in [2.45, 2.75) is 91.5 Å². The highest BCUT2D eigenvalue weighted by Crippen LogP contribution is 2.38. The zero-order valence-corrected chi connectivity index (χ0v) is 18.3. The zero-order valence-electron chi connectivity index (χ0n) is 17.3. The Morgan fingerprint density at radius 2 is 1.62 bits per heavy atom. The first-order valence-electron chi connectivity index (χ1n) is 9.16. The van der Waals surface area contributed by atoms with E-state index in [1.807, 2.05) is 6.08 Å². The first kappa shape index (κ1) is 23.4. The molecule has 0 radical (unpaired) electrons. The van der Waals surface area contributed by atoms with E-state index in [0.29, 0.717) is 0 Å². The molecular weight excluding hydrogens is 312 g/mol. The Morgan fingerprint density at radius 3 is 2.08 bits per heavy atom. The molecule has 0 aliphatic heterocycles. The monoisotopic (exact) mass is 352 g/mol. The molecule has 0 aromatic heterocycles. The third-order valence-corrected chi connectivity index (χ3v) is 9.55. The van der Waals surface area contributed by atoms with Crippen LogP contribution in [0.15, 0.2) is 35.5 Å². The van der Waals surface area contributed by atoms with Gasteiger partial charge >= 0.3 is 0 Å². The molecule has 3 heteroatoms. The van der Waals surface area contributed by atoms with E-state index in [4.69, 9.17) is 9.53 Å². The third kappa shape index (κ3) is 9.00. The van der Waals surface area contributed by atoms with Crippen molar-refractivity contribution in [2.24, 2.45) is 0 Å². The molecule has 2 nitrogen and oxygen atoms in total. The van der Waals surface area contributed by atoms with Gasteiger partial charge in [-0.2, -0.15) is 0 Å². The molecule has 0 aromatic carbocycles. The molecule has 0 fully saturated rings. The molecule has 1 atom stereocenters. The first-order chi connectivity index (χ1) is 10.9. The lowest BCUT2D eigenvalue weighted by Gasteiger charge is -2.39. The van der Waals surface area contributed by atoms with E-state index < -0.39 is 8.32 Å². The van der Waals surface area contributed by atoms with Crippen molar-refractivity contribution in [1.29, 1.82) is 0 Å². The molecule has 0 bridgehead atoms. The topological polar surface area (TPSA) is 29.5 Å². The minimum Gasteiger partial charge on any atom is -0.410 e. The smallest absolute Gasteiger partial charge is 0.192 e. The SMILES string of the molecule is C=C(C)C(CCC(C)=CCCC(C)=CCO)O[Si](C)(C)C(C)(C)C. The summed E-state index contributed by atoms with van der Waals surface area (Å²) in [5.41, 5.74) is 3.80.